The van der Waals surface area contributed by atoms with Crippen molar-refractivity contribution in [3.05, 3.63) is 84.4 Å². The van der Waals surface area contributed by atoms with Crippen molar-refractivity contribution in [2.45, 2.75) is 19.3 Å². The molecule has 0 unspecified atom stereocenters. The number of benzene rings is 3. The Labute approximate surface area is 160 Å². The molecule has 1 aliphatic heterocycles. The summed E-state index contributed by atoms with van der Waals surface area (Å²) in [7, 11) is 0. The Morgan fingerprint density at radius 1 is 0.704 bits per heavy atom. The van der Waals surface area contributed by atoms with Gasteiger partial charge in [0.25, 0.3) is 5.91 Å². The Morgan fingerprint density at radius 2 is 1.33 bits per heavy atom. The second-order valence-electron chi connectivity index (χ2n) is 6.96. The van der Waals surface area contributed by atoms with Gasteiger partial charge in [-0.2, -0.15) is 0 Å². The van der Waals surface area contributed by atoms with Gasteiger partial charge in [-0.1, -0.05) is 54.6 Å². The average Bonchev–Trinajstić information content (AvgIpc) is 2.75. The summed E-state index contributed by atoms with van der Waals surface area (Å²) in [6.45, 7) is 2.11. The predicted molar refractivity (Wildman–Crippen MR) is 112 cm³/mol. The molecular weight excluding hydrogens is 332 g/mol. The van der Waals surface area contributed by atoms with Gasteiger partial charge >= 0.3 is 0 Å². The fraction of sp³-hybridized carbons (Fsp3) is 0.208. The molecule has 3 heteroatoms. The van der Waals surface area contributed by atoms with Gasteiger partial charge in [0.05, 0.1) is 11.4 Å². The van der Waals surface area contributed by atoms with Gasteiger partial charge < -0.3 is 10.2 Å². The summed E-state index contributed by atoms with van der Waals surface area (Å²) < 4.78 is 0. The zero-order chi connectivity index (χ0) is 18.5. The molecule has 4 rings (SSSR count). The maximum Gasteiger partial charge on any atom is 0.255 e. The summed E-state index contributed by atoms with van der Waals surface area (Å²) in [6.07, 6.45) is 3.71. The highest BCUT2D eigenvalue weighted by Crippen LogP contribution is 2.29. The van der Waals surface area contributed by atoms with Gasteiger partial charge in [0.1, 0.15) is 0 Å². The summed E-state index contributed by atoms with van der Waals surface area (Å²) in [6, 6.07) is 26.1. The zero-order valence-electron chi connectivity index (χ0n) is 15.4. The van der Waals surface area contributed by atoms with Crippen LogP contribution in [0.5, 0.6) is 0 Å². The molecule has 1 aliphatic rings. The van der Waals surface area contributed by atoms with Crippen molar-refractivity contribution in [1.29, 1.82) is 0 Å². The third-order valence-electron chi connectivity index (χ3n) is 5.10. The van der Waals surface area contributed by atoms with Crippen LogP contribution in [0.2, 0.25) is 0 Å². The highest BCUT2D eigenvalue weighted by molar-refractivity contribution is 6.06. The van der Waals surface area contributed by atoms with Crippen LogP contribution in [0, 0.1) is 0 Å². The number of hydrogen-bond acceptors (Lipinski definition) is 2. The van der Waals surface area contributed by atoms with Crippen LogP contribution in [-0.4, -0.2) is 19.0 Å². The maximum atomic E-state index is 12.8. The SMILES string of the molecule is O=C(Nc1ccccc1N1CCCCC1)c1ccc(-c2ccccc2)cc1. The lowest BCUT2D eigenvalue weighted by Crippen LogP contribution is -2.30. The summed E-state index contributed by atoms with van der Waals surface area (Å²) in [5.74, 6) is -0.0703. The number of nitrogens with one attached hydrogen (secondary N) is 1. The van der Waals surface area contributed by atoms with Crippen LogP contribution in [0.3, 0.4) is 0 Å². The number of carbonyl (C=O) groups excluding carboxylic acids is 1. The van der Waals surface area contributed by atoms with Crippen LogP contribution >= 0.6 is 0 Å². The fourth-order valence-electron chi connectivity index (χ4n) is 3.63. The molecule has 0 saturated carbocycles. The van der Waals surface area contributed by atoms with E-state index in [-0.39, 0.29) is 5.91 Å². The van der Waals surface area contributed by atoms with Crippen LogP contribution in [0.15, 0.2) is 78.9 Å². The molecule has 3 aromatic rings. The second-order valence-corrected chi connectivity index (χ2v) is 6.96. The summed E-state index contributed by atoms with van der Waals surface area (Å²) in [5, 5.41) is 3.10. The van der Waals surface area contributed by atoms with Crippen molar-refractivity contribution < 1.29 is 4.79 Å². The molecule has 0 aromatic heterocycles. The number of nitrogens with zero attached hydrogens (tertiary/aromatic N) is 1. The van der Waals surface area contributed by atoms with Crippen molar-refractivity contribution in [2.75, 3.05) is 23.3 Å². The predicted octanol–water partition coefficient (Wildman–Crippen LogP) is 5.60. The molecule has 3 nitrogen and oxygen atoms in total. The summed E-state index contributed by atoms with van der Waals surface area (Å²) >= 11 is 0. The lowest BCUT2D eigenvalue weighted by molar-refractivity contribution is 0.102. The highest BCUT2D eigenvalue weighted by Gasteiger charge is 2.16. The minimum atomic E-state index is -0.0703. The third kappa shape index (κ3) is 4.03. The van der Waals surface area contributed by atoms with E-state index in [0.717, 1.165) is 35.6 Å². The minimum absolute atomic E-state index is 0.0703. The topological polar surface area (TPSA) is 32.3 Å². The number of amides is 1. The van der Waals surface area contributed by atoms with E-state index in [1.165, 1.54) is 19.3 Å². The van der Waals surface area contributed by atoms with E-state index < -0.39 is 0 Å². The van der Waals surface area contributed by atoms with Crippen molar-refractivity contribution in [2.24, 2.45) is 0 Å². The molecular formula is C24H24N2O. The Hall–Kier alpha value is -3.07. The largest absolute Gasteiger partial charge is 0.370 e. The molecule has 0 radical (unpaired) electrons. The Morgan fingerprint density at radius 3 is 2.07 bits per heavy atom. The quantitative estimate of drug-likeness (QED) is 0.660. The smallest absolute Gasteiger partial charge is 0.255 e. The van der Waals surface area contributed by atoms with Crippen LogP contribution < -0.4 is 10.2 Å². The van der Waals surface area contributed by atoms with E-state index in [0.29, 0.717) is 5.56 Å². The molecule has 136 valence electrons. The van der Waals surface area contributed by atoms with Gasteiger partial charge in [-0.05, 0) is 54.7 Å². The molecule has 1 heterocycles. The average molecular weight is 356 g/mol. The monoisotopic (exact) mass is 356 g/mol. The third-order valence-corrected chi connectivity index (χ3v) is 5.10. The molecule has 1 saturated heterocycles. The van der Waals surface area contributed by atoms with Crippen molar-refractivity contribution in [1.82, 2.24) is 0 Å². The molecule has 27 heavy (non-hydrogen) atoms. The molecule has 1 fully saturated rings. The second kappa shape index (κ2) is 8.09. The van der Waals surface area contributed by atoms with Gasteiger partial charge in [-0.3, -0.25) is 4.79 Å². The lowest BCUT2D eigenvalue weighted by Gasteiger charge is -2.30. The molecule has 0 aliphatic carbocycles. The first kappa shape index (κ1) is 17.3. The van der Waals surface area contributed by atoms with Crippen molar-refractivity contribution in [3.8, 4) is 11.1 Å². The summed E-state index contributed by atoms with van der Waals surface area (Å²) in [4.78, 5) is 15.1. The van der Waals surface area contributed by atoms with Crippen LogP contribution in [0.1, 0.15) is 29.6 Å². The van der Waals surface area contributed by atoms with Crippen LogP contribution in [0.25, 0.3) is 11.1 Å². The van der Waals surface area contributed by atoms with Gasteiger partial charge in [0.2, 0.25) is 0 Å². The first-order valence-corrected chi connectivity index (χ1v) is 9.62. The van der Waals surface area contributed by atoms with E-state index in [1.807, 2.05) is 60.7 Å². The van der Waals surface area contributed by atoms with Crippen LogP contribution in [-0.2, 0) is 0 Å². The van der Waals surface area contributed by atoms with Gasteiger partial charge in [-0.25, -0.2) is 0 Å². The number of piperidine rings is 1. The molecule has 0 spiro atoms. The number of hydrogen-bond donors (Lipinski definition) is 1. The minimum Gasteiger partial charge on any atom is -0.370 e. The Balaban J connectivity index is 1.51. The van der Waals surface area contributed by atoms with E-state index in [2.05, 4.69) is 28.4 Å². The van der Waals surface area contributed by atoms with E-state index >= 15 is 0 Å². The first-order chi connectivity index (χ1) is 13.3. The van der Waals surface area contributed by atoms with E-state index in [9.17, 15) is 4.79 Å². The standard InChI is InChI=1S/C24H24N2O/c27-24(21-15-13-20(14-16-21)19-9-3-1-4-10-19)25-22-11-5-6-12-23(22)26-17-7-2-8-18-26/h1,3-6,9-16H,2,7-8,17-18H2,(H,25,27). The van der Waals surface area contributed by atoms with E-state index in [1.54, 1.807) is 0 Å². The normalized spacial score (nSPS) is 14.0. The van der Waals surface area contributed by atoms with Crippen molar-refractivity contribution >= 4 is 17.3 Å². The molecule has 3 aromatic carbocycles. The van der Waals surface area contributed by atoms with Crippen LogP contribution in [0.4, 0.5) is 11.4 Å². The van der Waals surface area contributed by atoms with Gasteiger partial charge in [0.15, 0.2) is 0 Å². The maximum absolute atomic E-state index is 12.8. The van der Waals surface area contributed by atoms with Crippen molar-refractivity contribution in [3.63, 3.8) is 0 Å². The number of anilines is 2. The zero-order valence-corrected chi connectivity index (χ0v) is 15.4. The van der Waals surface area contributed by atoms with Gasteiger partial charge in [0, 0.05) is 18.7 Å². The summed E-state index contributed by atoms with van der Waals surface area (Å²) in [5.41, 5.74) is 4.94. The lowest BCUT2D eigenvalue weighted by atomic mass is 10.0. The molecule has 1 N–H and O–H groups in total. The number of carbonyl (C=O) groups is 1. The fourth-order valence-corrected chi connectivity index (χ4v) is 3.63. The number of para-hydroxylation sites is 2. The Kier molecular flexibility index (Phi) is 5.20. The molecule has 0 atom stereocenters. The highest BCUT2D eigenvalue weighted by atomic mass is 16.1. The van der Waals surface area contributed by atoms with E-state index in [4.69, 9.17) is 0 Å². The first-order valence-electron chi connectivity index (χ1n) is 9.62. The molecule has 0 bridgehead atoms. The Bertz CT molecular complexity index is 897. The van der Waals surface area contributed by atoms with Gasteiger partial charge in [-0.15, -0.1) is 0 Å². The number of rotatable bonds is 4. The molecule has 1 amide bonds.